The molecule has 0 aliphatic heterocycles. The normalized spacial score (nSPS) is 23.2. The van der Waals surface area contributed by atoms with Crippen LogP contribution in [-0.2, 0) is 0 Å². The molecule has 3 aromatic rings. The van der Waals surface area contributed by atoms with Gasteiger partial charge in [-0.25, -0.2) is 9.18 Å². The van der Waals surface area contributed by atoms with Crippen LogP contribution in [0.3, 0.4) is 0 Å². The van der Waals surface area contributed by atoms with Crippen LogP contribution in [0, 0.1) is 5.82 Å². The van der Waals surface area contributed by atoms with E-state index >= 15 is 0 Å². The second kappa shape index (κ2) is 7.67. The highest BCUT2D eigenvalue weighted by Gasteiger charge is 2.62. The van der Waals surface area contributed by atoms with Gasteiger partial charge in [0.1, 0.15) is 0 Å². The third kappa shape index (κ3) is 3.31. The number of phenolic OH excluding ortho intramolecular Hbond substituents is 1. The fourth-order valence-corrected chi connectivity index (χ4v) is 4.63. The summed E-state index contributed by atoms with van der Waals surface area (Å²) in [5.41, 5.74) is -4.05. The van der Waals surface area contributed by atoms with Crippen LogP contribution in [0.4, 0.5) is 23.2 Å². The fraction of sp³-hybridized carbons (Fsp3) is 0.318. The van der Waals surface area contributed by atoms with Crippen LogP contribution >= 0.6 is 11.6 Å². The second-order valence-electron chi connectivity index (χ2n) is 7.81. The van der Waals surface area contributed by atoms with Gasteiger partial charge in [0.2, 0.25) is 0 Å². The number of phenols is 1. The summed E-state index contributed by atoms with van der Waals surface area (Å²) in [6, 6.07) is 4.88. The summed E-state index contributed by atoms with van der Waals surface area (Å²) in [5, 5.41) is 23.8. The van der Waals surface area contributed by atoms with E-state index < -0.39 is 52.4 Å². The van der Waals surface area contributed by atoms with E-state index in [-0.39, 0.29) is 34.0 Å². The Labute approximate surface area is 184 Å². The number of fused-ring (bicyclic) bond motifs is 2. The quantitative estimate of drug-likeness (QED) is 0.431. The molecule has 32 heavy (non-hydrogen) atoms. The molecule has 170 valence electrons. The molecule has 10 heteroatoms. The molecule has 1 aliphatic carbocycles. The zero-order valence-corrected chi connectivity index (χ0v) is 17.4. The van der Waals surface area contributed by atoms with Gasteiger partial charge in [-0.2, -0.15) is 13.2 Å². The van der Waals surface area contributed by atoms with Gasteiger partial charge in [-0.15, -0.1) is 0 Å². The molecular weight excluding hydrogens is 454 g/mol. The minimum Gasteiger partial charge on any atom is -0.505 e. The first-order chi connectivity index (χ1) is 15.0. The third-order valence-electron chi connectivity index (χ3n) is 6.04. The minimum atomic E-state index is -5.07. The Bertz CT molecular complexity index is 1260. The fourth-order valence-electron chi connectivity index (χ4n) is 4.42. The van der Waals surface area contributed by atoms with Crippen molar-refractivity contribution in [2.24, 2.45) is 0 Å². The van der Waals surface area contributed by atoms with Gasteiger partial charge in [0.25, 0.3) is 0 Å². The Balaban J connectivity index is 1.98. The molecule has 1 heterocycles. The lowest BCUT2D eigenvalue weighted by Gasteiger charge is -2.46. The Morgan fingerprint density at radius 1 is 1.28 bits per heavy atom. The van der Waals surface area contributed by atoms with Crippen molar-refractivity contribution < 1.29 is 32.2 Å². The van der Waals surface area contributed by atoms with Crippen LogP contribution in [-0.4, -0.2) is 22.0 Å². The summed E-state index contributed by atoms with van der Waals surface area (Å²) < 4.78 is 61.8. The number of anilines is 1. The monoisotopic (exact) mass is 471 g/mol. The van der Waals surface area contributed by atoms with Gasteiger partial charge < -0.3 is 19.9 Å². The van der Waals surface area contributed by atoms with E-state index in [1.54, 1.807) is 6.92 Å². The van der Waals surface area contributed by atoms with E-state index in [1.165, 1.54) is 24.3 Å². The molecule has 2 aromatic carbocycles. The Kier molecular flexibility index (Phi) is 5.37. The predicted molar refractivity (Wildman–Crippen MR) is 111 cm³/mol. The van der Waals surface area contributed by atoms with E-state index in [2.05, 4.69) is 5.32 Å². The maximum atomic E-state index is 14.3. The first kappa shape index (κ1) is 22.4. The smallest absolute Gasteiger partial charge is 0.419 e. The standard InChI is InChI=1S/C22H18ClF4NO4/c1-2-10-9-21(31,22(25,26)27)19(13-8-14(23)17(24)18(29)16(10)13)28-15-5-3-4-12-11(15)6-7-32-20(12)30/h3-8,10,19,28-29,31H,2,9H2,1H3. The Morgan fingerprint density at radius 2 is 2.00 bits per heavy atom. The van der Waals surface area contributed by atoms with Crippen molar-refractivity contribution in [1.82, 2.24) is 0 Å². The number of aliphatic hydroxyl groups is 1. The van der Waals surface area contributed by atoms with Crippen molar-refractivity contribution in [3.05, 3.63) is 69.0 Å². The second-order valence-corrected chi connectivity index (χ2v) is 8.21. The molecule has 3 atom stereocenters. The molecule has 0 fully saturated rings. The molecule has 0 radical (unpaired) electrons. The minimum absolute atomic E-state index is 0.0411. The number of hydrogen-bond donors (Lipinski definition) is 3. The lowest BCUT2D eigenvalue weighted by atomic mass is 9.69. The molecule has 5 nitrogen and oxygen atoms in total. The summed E-state index contributed by atoms with van der Waals surface area (Å²) in [6.45, 7) is 1.58. The number of halogens is 5. The Morgan fingerprint density at radius 3 is 2.66 bits per heavy atom. The van der Waals surface area contributed by atoms with E-state index in [0.29, 0.717) is 0 Å². The summed E-state index contributed by atoms with van der Waals surface area (Å²) in [5.74, 6) is -2.95. The lowest BCUT2D eigenvalue weighted by Crippen LogP contribution is -2.55. The van der Waals surface area contributed by atoms with Gasteiger partial charge in [0.15, 0.2) is 17.2 Å². The molecular formula is C22H18ClF4NO4. The van der Waals surface area contributed by atoms with Crippen molar-refractivity contribution in [1.29, 1.82) is 0 Å². The predicted octanol–water partition coefficient (Wildman–Crippen LogP) is 5.64. The number of benzene rings is 2. The number of nitrogens with one attached hydrogen (secondary N) is 1. The van der Waals surface area contributed by atoms with Crippen LogP contribution in [0.15, 0.2) is 45.8 Å². The van der Waals surface area contributed by atoms with Gasteiger partial charge in [-0.3, -0.25) is 0 Å². The zero-order chi connectivity index (χ0) is 23.4. The first-order valence-corrected chi connectivity index (χ1v) is 10.1. The van der Waals surface area contributed by atoms with Gasteiger partial charge in [0.05, 0.1) is 22.7 Å². The van der Waals surface area contributed by atoms with E-state index in [9.17, 15) is 32.6 Å². The lowest BCUT2D eigenvalue weighted by molar-refractivity contribution is -0.272. The van der Waals surface area contributed by atoms with Gasteiger partial charge in [-0.1, -0.05) is 24.6 Å². The Hall–Kier alpha value is -2.78. The van der Waals surface area contributed by atoms with Crippen molar-refractivity contribution in [2.75, 3.05) is 5.32 Å². The molecule has 3 N–H and O–H groups in total. The van der Waals surface area contributed by atoms with E-state index in [0.717, 1.165) is 12.3 Å². The molecule has 0 amide bonds. The number of hydrogen-bond acceptors (Lipinski definition) is 5. The van der Waals surface area contributed by atoms with Crippen molar-refractivity contribution in [3.8, 4) is 5.75 Å². The van der Waals surface area contributed by atoms with Crippen LogP contribution in [0.1, 0.15) is 42.9 Å². The van der Waals surface area contributed by atoms with Crippen LogP contribution < -0.4 is 10.9 Å². The average molecular weight is 472 g/mol. The number of aromatic hydroxyl groups is 1. The van der Waals surface area contributed by atoms with Crippen LogP contribution in [0.5, 0.6) is 5.75 Å². The van der Waals surface area contributed by atoms with Crippen LogP contribution in [0.2, 0.25) is 5.02 Å². The molecule has 0 spiro atoms. The molecule has 3 unspecified atom stereocenters. The molecule has 1 aliphatic rings. The molecule has 0 bridgehead atoms. The summed E-state index contributed by atoms with van der Waals surface area (Å²) in [4.78, 5) is 12.0. The van der Waals surface area contributed by atoms with Crippen LogP contribution in [0.25, 0.3) is 10.8 Å². The molecule has 1 aromatic heterocycles. The summed E-state index contributed by atoms with van der Waals surface area (Å²) in [6.07, 6.45) is -4.66. The summed E-state index contributed by atoms with van der Waals surface area (Å²) in [7, 11) is 0. The SMILES string of the molecule is CCC1CC(O)(C(F)(F)F)C(Nc2cccc3c(=O)occc23)c2cc(Cl)c(F)c(O)c21. The first-order valence-electron chi connectivity index (χ1n) is 9.76. The van der Waals surface area contributed by atoms with Crippen molar-refractivity contribution >= 4 is 28.1 Å². The van der Waals surface area contributed by atoms with E-state index in [1.807, 2.05) is 0 Å². The summed E-state index contributed by atoms with van der Waals surface area (Å²) >= 11 is 5.85. The average Bonchev–Trinajstić information content (AvgIpc) is 2.73. The largest absolute Gasteiger partial charge is 0.505 e. The maximum absolute atomic E-state index is 14.3. The molecule has 0 saturated heterocycles. The van der Waals surface area contributed by atoms with Crippen molar-refractivity contribution in [2.45, 2.75) is 43.5 Å². The topological polar surface area (TPSA) is 82.7 Å². The van der Waals surface area contributed by atoms with Gasteiger partial charge in [-0.05, 0) is 48.6 Å². The van der Waals surface area contributed by atoms with Gasteiger partial charge >= 0.3 is 11.8 Å². The highest BCUT2D eigenvalue weighted by Crippen LogP contribution is 2.56. The zero-order valence-electron chi connectivity index (χ0n) is 16.6. The van der Waals surface area contributed by atoms with E-state index in [4.69, 9.17) is 16.0 Å². The van der Waals surface area contributed by atoms with Gasteiger partial charge in [0, 0.05) is 16.6 Å². The highest BCUT2D eigenvalue weighted by atomic mass is 35.5. The molecule has 0 saturated carbocycles. The van der Waals surface area contributed by atoms with Crippen molar-refractivity contribution in [3.63, 3.8) is 0 Å². The molecule has 4 rings (SSSR count). The number of alkyl halides is 3. The maximum Gasteiger partial charge on any atom is 0.419 e. The highest BCUT2D eigenvalue weighted by molar-refractivity contribution is 6.31. The third-order valence-corrected chi connectivity index (χ3v) is 6.31. The number of rotatable bonds is 3.